The van der Waals surface area contributed by atoms with E-state index in [4.69, 9.17) is 0 Å². The Hall–Kier alpha value is -0.720. The highest BCUT2D eigenvalue weighted by Crippen LogP contribution is 2.25. The number of carbonyl (C=O) groups excluding carboxylic acids is 1. The fourth-order valence-electron chi connectivity index (χ4n) is 1.82. The first-order chi connectivity index (χ1) is 8.46. The number of nitrogens with one attached hydrogen (secondary N) is 2. The second-order valence-electron chi connectivity index (χ2n) is 4.34. The Balaban J connectivity index is 0.00000180. The van der Waals surface area contributed by atoms with Crippen LogP contribution in [0, 0.1) is 0 Å². The number of halogens is 4. The van der Waals surface area contributed by atoms with Crippen LogP contribution in [0.2, 0.25) is 0 Å². The van der Waals surface area contributed by atoms with Gasteiger partial charge in [0.05, 0.1) is 12.6 Å². The molecule has 1 aliphatic rings. The van der Waals surface area contributed by atoms with Crippen LogP contribution in [0.4, 0.5) is 8.78 Å². The third-order valence-corrected chi connectivity index (χ3v) is 3.34. The van der Waals surface area contributed by atoms with Crippen molar-refractivity contribution in [3.63, 3.8) is 0 Å². The number of alkyl halides is 2. The third-order valence-electron chi connectivity index (χ3n) is 2.81. The van der Waals surface area contributed by atoms with Gasteiger partial charge < -0.3 is 5.32 Å². The summed E-state index contributed by atoms with van der Waals surface area (Å²) in [5.41, 5.74) is 0.927. The van der Waals surface area contributed by atoms with Crippen LogP contribution in [0.25, 0.3) is 0 Å². The molecule has 0 bridgehead atoms. The molecule has 1 unspecified atom stereocenters. The highest BCUT2D eigenvalue weighted by Gasteiger charge is 2.42. The first kappa shape index (κ1) is 16.3. The number of hydrogen-bond acceptors (Lipinski definition) is 2. The maximum absolute atomic E-state index is 12.9. The van der Waals surface area contributed by atoms with Gasteiger partial charge in [-0.1, -0.05) is 28.1 Å². The average Bonchev–Trinajstić information content (AvgIpc) is 2.69. The van der Waals surface area contributed by atoms with Gasteiger partial charge in [0.1, 0.15) is 0 Å². The molecule has 0 radical (unpaired) electrons. The van der Waals surface area contributed by atoms with Crippen molar-refractivity contribution in [1.82, 2.24) is 10.6 Å². The Morgan fingerprint density at radius 3 is 2.58 bits per heavy atom. The predicted octanol–water partition coefficient (Wildman–Crippen LogP) is 2.48. The lowest BCUT2D eigenvalue weighted by Gasteiger charge is -2.11. The molecule has 0 aliphatic carbocycles. The van der Waals surface area contributed by atoms with E-state index >= 15 is 0 Å². The van der Waals surface area contributed by atoms with Gasteiger partial charge in [-0.15, -0.1) is 12.4 Å². The van der Waals surface area contributed by atoms with Crippen LogP contribution >= 0.6 is 28.3 Å². The van der Waals surface area contributed by atoms with E-state index in [0.29, 0.717) is 6.54 Å². The second-order valence-corrected chi connectivity index (χ2v) is 5.25. The normalized spacial score (nSPS) is 20.7. The molecule has 1 atom stereocenters. The van der Waals surface area contributed by atoms with Crippen LogP contribution in [0.3, 0.4) is 0 Å². The van der Waals surface area contributed by atoms with E-state index in [1.54, 1.807) is 0 Å². The lowest BCUT2D eigenvalue weighted by Crippen LogP contribution is -2.39. The van der Waals surface area contributed by atoms with E-state index in [2.05, 4.69) is 26.6 Å². The molecule has 1 aliphatic heterocycles. The Labute approximate surface area is 124 Å². The average molecular weight is 356 g/mol. The Morgan fingerprint density at radius 2 is 2.05 bits per heavy atom. The largest absolute Gasteiger partial charge is 0.351 e. The summed E-state index contributed by atoms with van der Waals surface area (Å²) in [7, 11) is 0. The van der Waals surface area contributed by atoms with Crippen molar-refractivity contribution < 1.29 is 13.6 Å². The van der Waals surface area contributed by atoms with Gasteiger partial charge >= 0.3 is 0 Å². The van der Waals surface area contributed by atoms with Crippen LogP contribution in [0.15, 0.2) is 28.7 Å². The van der Waals surface area contributed by atoms with E-state index in [9.17, 15) is 13.6 Å². The summed E-state index contributed by atoms with van der Waals surface area (Å²) in [5.74, 6) is -3.16. The van der Waals surface area contributed by atoms with Gasteiger partial charge in [-0.05, 0) is 17.7 Å². The maximum Gasteiger partial charge on any atom is 0.262 e. The summed E-state index contributed by atoms with van der Waals surface area (Å²) in [4.78, 5) is 11.7. The summed E-state index contributed by atoms with van der Waals surface area (Å²) in [6.45, 7) is -0.0841. The van der Waals surface area contributed by atoms with Gasteiger partial charge in [0.25, 0.3) is 5.92 Å². The standard InChI is InChI=1S/C12H13BrF2N2O.ClH/c13-9-3-1-8(2-4-9)6-16-11(18)10-5-12(14,15)7-17-10;/h1-4,10,17H,5-7H2,(H,16,18);1H. The van der Waals surface area contributed by atoms with Crippen LogP contribution in [-0.2, 0) is 11.3 Å². The summed E-state index contributed by atoms with van der Waals surface area (Å²) in [6.07, 6.45) is -0.431. The molecule has 0 saturated carbocycles. The summed E-state index contributed by atoms with van der Waals surface area (Å²) in [6, 6.07) is 6.66. The molecule has 106 valence electrons. The molecule has 2 N–H and O–H groups in total. The smallest absolute Gasteiger partial charge is 0.262 e. The van der Waals surface area contributed by atoms with E-state index in [-0.39, 0.29) is 18.3 Å². The molecule has 2 rings (SSSR count). The zero-order valence-electron chi connectivity index (χ0n) is 9.96. The van der Waals surface area contributed by atoms with Gasteiger partial charge in [-0.3, -0.25) is 10.1 Å². The summed E-state index contributed by atoms with van der Waals surface area (Å²) >= 11 is 3.31. The third kappa shape index (κ3) is 4.71. The van der Waals surface area contributed by atoms with E-state index in [1.165, 1.54) is 0 Å². The number of rotatable bonds is 3. The maximum atomic E-state index is 12.9. The molecule has 1 amide bonds. The molecular weight excluding hydrogens is 341 g/mol. The summed E-state index contributed by atoms with van der Waals surface area (Å²) < 4.78 is 26.8. The predicted molar refractivity (Wildman–Crippen MR) is 74.6 cm³/mol. The molecule has 1 aromatic rings. The second kappa shape index (κ2) is 6.63. The van der Waals surface area contributed by atoms with Crippen molar-refractivity contribution in [2.75, 3.05) is 6.54 Å². The molecule has 1 saturated heterocycles. The van der Waals surface area contributed by atoms with Crippen molar-refractivity contribution in [2.45, 2.75) is 24.9 Å². The van der Waals surface area contributed by atoms with E-state index in [1.807, 2.05) is 24.3 Å². The first-order valence-electron chi connectivity index (χ1n) is 5.60. The quantitative estimate of drug-likeness (QED) is 0.875. The number of benzene rings is 1. The minimum Gasteiger partial charge on any atom is -0.351 e. The zero-order chi connectivity index (χ0) is 13.2. The minimum atomic E-state index is -2.78. The Kier molecular flexibility index (Phi) is 5.70. The molecule has 7 heteroatoms. The lowest BCUT2D eigenvalue weighted by atomic mass is 10.1. The molecule has 3 nitrogen and oxygen atoms in total. The zero-order valence-corrected chi connectivity index (χ0v) is 12.4. The Bertz CT molecular complexity index is 442. The highest BCUT2D eigenvalue weighted by atomic mass is 79.9. The number of carbonyl (C=O) groups is 1. The SMILES string of the molecule is Cl.O=C(NCc1ccc(Br)cc1)C1CC(F)(F)CN1. The van der Waals surface area contributed by atoms with Gasteiger partial charge in [-0.25, -0.2) is 8.78 Å². The van der Waals surface area contributed by atoms with Crippen molar-refractivity contribution in [2.24, 2.45) is 0 Å². The molecule has 0 aromatic heterocycles. The van der Waals surface area contributed by atoms with Crippen LogP contribution < -0.4 is 10.6 Å². The van der Waals surface area contributed by atoms with Crippen LogP contribution in [-0.4, -0.2) is 24.4 Å². The minimum absolute atomic E-state index is 0. The molecule has 1 fully saturated rings. The van der Waals surface area contributed by atoms with Gasteiger partial charge in [0.15, 0.2) is 0 Å². The first-order valence-corrected chi connectivity index (χ1v) is 6.39. The fourth-order valence-corrected chi connectivity index (χ4v) is 2.08. The van der Waals surface area contributed by atoms with Crippen molar-refractivity contribution >= 4 is 34.2 Å². The van der Waals surface area contributed by atoms with E-state index < -0.39 is 24.9 Å². The Morgan fingerprint density at radius 1 is 1.42 bits per heavy atom. The monoisotopic (exact) mass is 354 g/mol. The molecule has 1 heterocycles. The molecule has 0 spiro atoms. The van der Waals surface area contributed by atoms with Crippen LogP contribution in [0.1, 0.15) is 12.0 Å². The number of hydrogen-bond donors (Lipinski definition) is 2. The summed E-state index contributed by atoms with van der Waals surface area (Å²) in [5, 5.41) is 5.17. The molecular formula is C12H14BrClF2N2O. The molecule has 1 aromatic carbocycles. The van der Waals surface area contributed by atoms with Gasteiger partial charge in [0, 0.05) is 17.4 Å². The van der Waals surface area contributed by atoms with Crippen molar-refractivity contribution in [3.05, 3.63) is 34.3 Å². The van der Waals surface area contributed by atoms with E-state index in [0.717, 1.165) is 10.0 Å². The van der Waals surface area contributed by atoms with Gasteiger partial charge in [-0.2, -0.15) is 0 Å². The van der Waals surface area contributed by atoms with Crippen molar-refractivity contribution in [1.29, 1.82) is 0 Å². The van der Waals surface area contributed by atoms with Crippen LogP contribution in [0.5, 0.6) is 0 Å². The number of amides is 1. The van der Waals surface area contributed by atoms with Gasteiger partial charge in [0.2, 0.25) is 5.91 Å². The lowest BCUT2D eigenvalue weighted by molar-refractivity contribution is -0.123. The fraction of sp³-hybridized carbons (Fsp3) is 0.417. The molecule has 19 heavy (non-hydrogen) atoms. The van der Waals surface area contributed by atoms with Crippen molar-refractivity contribution in [3.8, 4) is 0 Å². The highest BCUT2D eigenvalue weighted by molar-refractivity contribution is 9.10. The topological polar surface area (TPSA) is 41.1 Å².